The first-order valence-corrected chi connectivity index (χ1v) is 11.7. The zero-order valence-electron chi connectivity index (χ0n) is 15.6. The van der Waals surface area contributed by atoms with Gasteiger partial charge >= 0.3 is 0 Å². The number of carbonyl (C=O) groups is 2. The van der Waals surface area contributed by atoms with Gasteiger partial charge in [0.25, 0.3) is 5.91 Å². The molecule has 1 saturated carbocycles. The molecule has 9 heteroatoms. The Labute approximate surface area is 159 Å². The SMILES string of the molecule is O=C(C1=NN([C@@H]2CCS(=O)(=O)C2)C(=O)CC1)N1CCOCC2(CCCC2)C1. The zero-order valence-corrected chi connectivity index (χ0v) is 16.4. The second-order valence-corrected chi connectivity index (χ2v) is 10.6. The van der Waals surface area contributed by atoms with Gasteiger partial charge in [0.15, 0.2) is 9.84 Å². The van der Waals surface area contributed by atoms with Crippen molar-refractivity contribution in [2.45, 2.75) is 51.0 Å². The van der Waals surface area contributed by atoms with E-state index in [4.69, 9.17) is 4.74 Å². The van der Waals surface area contributed by atoms with E-state index >= 15 is 0 Å². The third-order valence-electron chi connectivity index (χ3n) is 6.25. The van der Waals surface area contributed by atoms with Gasteiger partial charge in [-0.1, -0.05) is 12.8 Å². The molecule has 2 saturated heterocycles. The third-order valence-corrected chi connectivity index (χ3v) is 8.00. The number of amides is 2. The molecule has 1 atom stereocenters. The fourth-order valence-electron chi connectivity index (χ4n) is 4.76. The maximum Gasteiger partial charge on any atom is 0.270 e. The summed E-state index contributed by atoms with van der Waals surface area (Å²) in [5, 5.41) is 5.60. The Balaban J connectivity index is 1.51. The van der Waals surface area contributed by atoms with Crippen LogP contribution in [0.3, 0.4) is 0 Å². The fraction of sp³-hybridized carbons (Fsp3) is 0.833. The standard InChI is InChI=1S/C18H27N3O5S/c22-16-4-3-15(19-21(16)14-5-10-27(24,25)11-14)17(23)20-8-9-26-13-18(12-20)6-1-2-7-18/h14H,1-13H2/t14-/m1/s1. The van der Waals surface area contributed by atoms with E-state index in [1.54, 1.807) is 0 Å². The highest BCUT2D eigenvalue weighted by molar-refractivity contribution is 7.91. The molecule has 0 aromatic rings. The van der Waals surface area contributed by atoms with Crippen molar-refractivity contribution in [1.29, 1.82) is 0 Å². The molecule has 2 amide bonds. The summed E-state index contributed by atoms with van der Waals surface area (Å²) < 4.78 is 29.3. The predicted molar refractivity (Wildman–Crippen MR) is 98.9 cm³/mol. The molecule has 1 spiro atoms. The van der Waals surface area contributed by atoms with Gasteiger partial charge in [-0.15, -0.1) is 0 Å². The average Bonchev–Trinajstić information content (AvgIpc) is 3.17. The summed E-state index contributed by atoms with van der Waals surface area (Å²) >= 11 is 0. The number of nitrogens with zero attached hydrogens (tertiary/aromatic N) is 3. The van der Waals surface area contributed by atoms with Crippen LogP contribution in [0.5, 0.6) is 0 Å². The highest BCUT2D eigenvalue weighted by Crippen LogP contribution is 2.40. The number of ether oxygens (including phenoxy) is 1. The molecule has 27 heavy (non-hydrogen) atoms. The van der Waals surface area contributed by atoms with E-state index in [0.717, 1.165) is 12.8 Å². The van der Waals surface area contributed by atoms with Crippen molar-refractivity contribution in [2.75, 3.05) is 37.8 Å². The Hall–Kier alpha value is -1.48. The number of sulfone groups is 1. The van der Waals surface area contributed by atoms with Crippen LogP contribution in [-0.2, 0) is 24.2 Å². The molecule has 0 unspecified atom stereocenters. The molecule has 3 aliphatic heterocycles. The minimum Gasteiger partial charge on any atom is -0.379 e. The third kappa shape index (κ3) is 3.89. The van der Waals surface area contributed by atoms with Crippen molar-refractivity contribution in [3.63, 3.8) is 0 Å². The topological polar surface area (TPSA) is 96.3 Å². The highest BCUT2D eigenvalue weighted by Gasteiger charge is 2.41. The van der Waals surface area contributed by atoms with Crippen molar-refractivity contribution >= 4 is 27.4 Å². The van der Waals surface area contributed by atoms with Crippen LogP contribution < -0.4 is 0 Å². The summed E-state index contributed by atoms with van der Waals surface area (Å²) in [4.78, 5) is 27.2. The van der Waals surface area contributed by atoms with Crippen LogP contribution >= 0.6 is 0 Å². The number of carbonyl (C=O) groups excluding carboxylic acids is 2. The van der Waals surface area contributed by atoms with Crippen LogP contribution in [0.4, 0.5) is 0 Å². The lowest BCUT2D eigenvalue weighted by atomic mass is 9.86. The van der Waals surface area contributed by atoms with E-state index in [9.17, 15) is 18.0 Å². The molecule has 0 N–H and O–H groups in total. The molecule has 3 heterocycles. The average molecular weight is 397 g/mol. The lowest BCUT2D eigenvalue weighted by Crippen LogP contribution is -2.47. The first-order chi connectivity index (χ1) is 12.9. The molecule has 0 radical (unpaired) electrons. The van der Waals surface area contributed by atoms with Crippen molar-refractivity contribution in [3.05, 3.63) is 0 Å². The molecule has 8 nitrogen and oxygen atoms in total. The molecule has 0 aromatic heterocycles. The van der Waals surface area contributed by atoms with Crippen molar-refractivity contribution in [1.82, 2.24) is 9.91 Å². The van der Waals surface area contributed by atoms with Crippen LogP contribution in [0.2, 0.25) is 0 Å². The summed E-state index contributed by atoms with van der Waals surface area (Å²) in [6.45, 7) is 2.43. The summed E-state index contributed by atoms with van der Waals surface area (Å²) in [5.74, 6) is -0.318. The molecule has 0 aromatic carbocycles. The predicted octanol–water partition coefficient (Wildman–Crippen LogP) is 0.571. The number of hydrazone groups is 1. The first-order valence-electron chi connectivity index (χ1n) is 9.85. The van der Waals surface area contributed by atoms with Gasteiger partial charge in [0.1, 0.15) is 5.71 Å². The highest BCUT2D eigenvalue weighted by atomic mass is 32.2. The normalized spacial score (nSPS) is 30.4. The largest absolute Gasteiger partial charge is 0.379 e. The van der Waals surface area contributed by atoms with E-state index in [1.165, 1.54) is 17.9 Å². The quantitative estimate of drug-likeness (QED) is 0.679. The minimum absolute atomic E-state index is 0.0520. The molecule has 0 bridgehead atoms. The van der Waals surface area contributed by atoms with Gasteiger partial charge in [0.2, 0.25) is 5.91 Å². The van der Waals surface area contributed by atoms with Crippen LogP contribution in [0.1, 0.15) is 44.9 Å². The number of hydrogen-bond acceptors (Lipinski definition) is 6. The maximum atomic E-state index is 13.1. The molecule has 4 rings (SSSR count). The van der Waals surface area contributed by atoms with Crippen molar-refractivity contribution in [3.8, 4) is 0 Å². The maximum absolute atomic E-state index is 13.1. The minimum atomic E-state index is -3.12. The first kappa shape index (κ1) is 18.9. The second kappa shape index (κ2) is 7.16. The monoisotopic (exact) mass is 397 g/mol. The zero-order chi connectivity index (χ0) is 19.1. The van der Waals surface area contributed by atoms with E-state index < -0.39 is 15.9 Å². The van der Waals surface area contributed by atoms with Crippen LogP contribution in [-0.4, -0.2) is 79.7 Å². The van der Waals surface area contributed by atoms with Crippen LogP contribution in [0, 0.1) is 5.41 Å². The van der Waals surface area contributed by atoms with Gasteiger partial charge in [0.05, 0.1) is 30.8 Å². The Morgan fingerprint density at radius 2 is 2.00 bits per heavy atom. The van der Waals surface area contributed by atoms with Gasteiger partial charge in [-0.05, 0) is 19.3 Å². The van der Waals surface area contributed by atoms with Crippen LogP contribution in [0.25, 0.3) is 0 Å². The van der Waals surface area contributed by atoms with Gasteiger partial charge in [-0.3, -0.25) is 9.59 Å². The smallest absolute Gasteiger partial charge is 0.270 e. The van der Waals surface area contributed by atoms with E-state index in [2.05, 4.69) is 5.10 Å². The molecule has 1 aliphatic carbocycles. The Morgan fingerprint density at radius 1 is 1.22 bits per heavy atom. The lowest BCUT2D eigenvalue weighted by molar-refractivity contribution is -0.134. The second-order valence-electron chi connectivity index (χ2n) is 8.33. The van der Waals surface area contributed by atoms with Gasteiger partial charge in [-0.2, -0.15) is 5.10 Å². The molecule has 3 fully saturated rings. The van der Waals surface area contributed by atoms with E-state index in [0.29, 0.717) is 44.9 Å². The summed E-state index contributed by atoms with van der Waals surface area (Å²) in [6, 6.07) is -0.445. The van der Waals surface area contributed by atoms with E-state index in [-0.39, 0.29) is 35.2 Å². The van der Waals surface area contributed by atoms with Gasteiger partial charge < -0.3 is 9.64 Å². The fourth-order valence-corrected chi connectivity index (χ4v) is 6.45. The summed E-state index contributed by atoms with van der Waals surface area (Å²) in [7, 11) is -3.12. The Kier molecular flexibility index (Phi) is 5.00. The molecule has 4 aliphatic rings. The van der Waals surface area contributed by atoms with Gasteiger partial charge in [0, 0.05) is 31.3 Å². The van der Waals surface area contributed by atoms with E-state index in [1.807, 2.05) is 4.90 Å². The van der Waals surface area contributed by atoms with Crippen molar-refractivity contribution in [2.24, 2.45) is 10.5 Å². The number of rotatable bonds is 2. The molecular weight excluding hydrogens is 370 g/mol. The number of hydrogen-bond donors (Lipinski definition) is 0. The van der Waals surface area contributed by atoms with Gasteiger partial charge in [-0.25, -0.2) is 13.4 Å². The lowest BCUT2D eigenvalue weighted by Gasteiger charge is -2.33. The summed E-state index contributed by atoms with van der Waals surface area (Å²) in [6.07, 6.45) is 5.41. The Morgan fingerprint density at radius 3 is 2.70 bits per heavy atom. The molecular formula is C18H27N3O5S. The molecule has 150 valence electrons. The summed E-state index contributed by atoms with van der Waals surface area (Å²) in [5.41, 5.74) is 0.421. The van der Waals surface area contributed by atoms with Crippen LogP contribution in [0.15, 0.2) is 5.10 Å². The Bertz CT molecular complexity index is 757. The van der Waals surface area contributed by atoms with Crippen molar-refractivity contribution < 1.29 is 22.7 Å².